The monoisotopic (exact) mass is 418 g/mol. The van der Waals surface area contributed by atoms with Gasteiger partial charge in [-0.1, -0.05) is 18.2 Å². The van der Waals surface area contributed by atoms with Crippen LogP contribution >= 0.6 is 22.6 Å². The first-order valence-corrected chi connectivity index (χ1v) is 8.76. The number of nitrogens with one attached hydrogen (secondary N) is 1. The standard InChI is InChI=1S/C19H19IN2O/c1-4-22-17-8-6-5-7-15(17)13(3)18(22)19(23)21-16-10-9-14(20)11-12(16)2/h5-11H,4H2,1-3H3,(H,21,23). The largest absolute Gasteiger partial charge is 0.337 e. The normalized spacial score (nSPS) is 11.0. The minimum atomic E-state index is -0.0511. The first-order chi connectivity index (χ1) is 11.0. The van der Waals surface area contributed by atoms with Gasteiger partial charge in [0.25, 0.3) is 5.91 Å². The average molecular weight is 418 g/mol. The van der Waals surface area contributed by atoms with Crippen molar-refractivity contribution >= 4 is 45.1 Å². The fourth-order valence-electron chi connectivity index (χ4n) is 3.05. The Morgan fingerprint density at radius 3 is 2.61 bits per heavy atom. The van der Waals surface area contributed by atoms with E-state index in [0.717, 1.165) is 43.5 Å². The summed E-state index contributed by atoms with van der Waals surface area (Å²) in [6.45, 7) is 6.87. The zero-order valence-corrected chi connectivity index (χ0v) is 15.6. The predicted octanol–water partition coefficient (Wildman–Crippen LogP) is 5.13. The first kappa shape index (κ1) is 16.1. The molecule has 0 saturated carbocycles. The van der Waals surface area contributed by atoms with Gasteiger partial charge in [0.1, 0.15) is 5.69 Å². The van der Waals surface area contributed by atoms with Gasteiger partial charge in [0.2, 0.25) is 0 Å². The molecular formula is C19H19IN2O. The molecule has 118 valence electrons. The smallest absolute Gasteiger partial charge is 0.272 e. The fourth-order valence-corrected chi connectivity index (χ4v) is 3.69. The second kappa shape index (κ2) is 6.35. The van der Waals surface area contributed by atoms with Crippen LogP contribution in [0.4, 0.5) is 5.69 Å². The number of hydrogen-bond donors (Lipinski definition) is 1. The Hall–Kier alpha value is -1.82. The lowest BCUT2D eigenvalue weighted by Crippen LogP contribution is -2.18. The summed E-state index contributed by atoms with van der Waals surface area (Å²) in [4.78, 5) is 12.9. The molecular weight excluding hydrogens is 399 g/mol. The van der Waals surface area contributed by atoms with Crippen LogP contribution in [0.2, 0.25) is 0 Å². The first-order valence-electron chi connectivity index (χ1n) is 7.68. The van der Waals surface area contributed by atoms with Crippen molar-refractivity contribution in [2.24, 2.45) is 0 Å². The van der Waals surface area contributed by atoms with E-state index in [1.165, 1.54) is 0 Å². The predicted molar refractivity (Wildman–Crippen MR) is 104 cm³/mol. The number of anilines is 1. The van der Waals surface area contributed by atoms with Gasteiger partial charge in [0, 0.05) is 26.7 Å². The molecule has 3 nitrogen and oxygen atoms in total. The number of aromatic nitrogens is 1. The molecule has 0 radical (unpaired) electrons. The van der Waals surface area contributed by atoms with Gasteiger partial charge < -0.3 is 9.88 Å². The molecule has 0 aliphatic rings. The topological polar surface area (TPSA) is 34.0 Å². The van der Waals surface area contributed by atoms with Crippen molar-refractivity contribution in [1.82, 2.24) is 4.57 Å². The van der Waals surface area contributed by atoms with Crippen molar-refractivity contribution in [3.8, 4) is 0 Å². The van der Waals surface area contributed by atoms with E-state index >= 15 is 0 Å². The number of aryl methyl sites for hydroxylation is 3. The second-order valence-corrected chi connectivity index (χ2v) is 6.89. The summed E-state index contributed by atoms with van der Waals surface area (Å²) in [5, 5.41) is 4.20. The number of fused-ring (bicyclic) bond motifs is 1. The van der Waals surface area contributed by atoms with Crippen molar-refractivity contribution in [2.75, 3.05) is 5.32 Å². The van der Waals surface area contributed by atoms with E-state index in [9.17, 15) is 4.79 Å². The molecule has 0 unspecified atom stereocenters. The number of hydrogen-bond acceptors (Lipinski definition) is 1. The molecule has 0 saturated heterocycles. The van der Waals surface area contributed by atoms with Gasteiger partial charge in [-0.2, -0.15) is 0 Å². The van der Waals surface area contributed by atoms with Gasteiger partial charge in [0.05, 0.1) is 0 Å². The van der Waals surface area contributed by atoms with Crippen LogP contribution in [-0.2, 0) is 6.54 Å². The summed E-state index contributed by atoms with van der Waals surface area (Å²) in [5.74, 6) is -0.0511. The number of halogens is 1. The highest BCUT2D eigenvalue weighted by atomic mass is 127. The quantitative estimate of drug-likeness (QED) is 0.588. The molecule has 0 spiro atoms. The van der Waals surface area contributed by atoms with Crippen LogP contribution < -0.4 is 5.32 Å². The van der Waals surface area contributed by atoms with Crippen LogP contribution in [-0.4, -0.2) is 10.5 Å². The summed E-state index contributed by atoms with van der Waals surface area (Å²) < 4.78 is 3.25. The van der Waals surface area contributed by atoms with E-state index in [-0.39, 0.29) is 5.91 Å². The molecule has 0 aliphatic carbocycles. The molecule has 1 aromatic heterocycles. The van der Waals surface area contributed by atoms with Crippen molar-refractivity contribution in [1.29, 1.82) is 0 Å². The molecule has 3 aromatic rings. The van der Waals surface area contributed by atoms with Crippen molar-refractivity contribution in [3.05, 3.63) is 62.9 Å². The van der Waals surface area contributed by atoms with Gasteiger partial charge in [0.15, 0.2) is 0 Å². The maximum atomic E-state index is 12.9. The van der Waals surface area contributed by atoms with E-state index < -0.39 is 0 Å². The molecule has 0 bridgehead atoms. The lowest BCUT2D eigenvalue weighted by Gasteiger charge is -2.12. The van der Waals surface area contributed by atoms with E-state index in [0.29, 0.717) is 0 Å². The SMILES string of the molecule is CCn1c(C(=O)Nc2ccc(I)cc2C)c(C)c2ccccc21. The summed E-state index contributed by atoms with van der Waals surface area (Å²) in [7, 11) is 0. The van der Waals surface area contributed by atoms with Crippen LogP contribution in [0, 0.1) is 17.4 Å². The molecule has 0 fully saturated rings. The summed E-state index contributed by atoms with van der Waals surface area (Å²) in [6.07, 6.45) is 0. The van der Waals surface area contributed by atoms with Crippen LogP contribution in [0.15, 0.2) is 42.5 Å². The number of amides is 1. The van der Waals surface area contributed by atoms with Gasteiger partial charge in [-0.15, -0.1) is 0 Å². The van der Waals surface area contributed by atoms with Crippen molar-refractivity contribution in [3.63, 3.8) is 0 Å². The zero-order chi connectivity index (χ0) is 16.6. The summed E-state index contributed by atoms with van der Waals surface area (Å²) in [5.41, 5.74) is 4.82. The lowest BCUT2D eigenvalue weighted by molar-refractivity contribution is 0.101. The summed E-state index contributed by atoms with van der Waals surface area (Å²) in [6, 6.07) is 14.2. The third-order valence-corrected chi connectivity index (χ3v) is 4.86. The van der Waals surface area contributed by atoms with Gasteiger partial charge in [-0.25, -0.2) is 0 Å². The minimum absolute atomic E-state index is 0.0511. The van der Waals surface area contributed by atoms with Crippen LogP contribution in [0.5, 0.6) is 0 Å². The van der Waals surface area contributed by atoms with Crippen molar-refractivity contribution < 1.29 is 4.79 Å². The maximum Gasteiger partial charge on any atom is 0.272 e. The Labute approximate surface area is 149 Å². The molecule has 3 rings (SSSR count). The highest BCUT2D eigenvalue weighted by molar-refractivity contribution is 14.1. The second-order valence-electron chi connectivity index (χ2n) is 5.65. The molecule has 0 aliphatic heterocycles. The molecule has 1 N–H and O–H groups in total. The Balaban J connectivity index is 2.05. The third-order valence-electron chi connectivity index (χ3n) is 4.19. The van der Waals surface area contributed by atoms with Gasteiger partial charge >= 0.3 is 0 Å². The Morgan fingerprint density at radius 2 is 1.91 bits per heavy atom. The Morgan fingerprint density at radius 1 is 1.17 bits per heavy atom. The maximum absolute atomic E-state index is 12.9. The van der Waals surface area contributed by atoms with Gasteiger partial charge in [-0.3, -0.25) is 4.79 Å². The molecule has 1 heterocycles. The molecule has 1 amide bonds. The number of nitrogens with zero attached hydrogens (tertiary/aromatic N) is 1. The van der Waals surface area contributed by atoms with Crippen LogP contribution in [0.3, 0.4) is 0 Å². The minimum Gasteiger partial charge on any atom is -0.337 e. The Bertz CT molecular complexity index is 896. The fraction of sp³-hybridized carbons (Fsp3) is 0.211. The molecule has 23 heavy (non-hydrogen) atoms. The van der Waals surface area contributed by atoms with E-state index in [4.69, 9.17) is 0 Å². The van der Waals surface area contributed by atoms with Crippen molar-refractivity contribution in [2.45, 2.75) is 27.3 Å². The molecule has 4 heteroatoms. The number of carbonyl (C=O) groups excluding carboxylic acids is 1. The lowest BCUT2D eigenvalue weighted by atomic mass is 10.1. The number of carbonyl (C=O) groups is 1. The average Bonchev–Trinajstić information content (AvgIpc) is 2.83. The van der Waals surface area contributed by atoms with Crippen LogP contribution in [0.1, 0.15) is 28.5 Å². The molecule has 0 atom stereocenters. The van der Waals surface area contributed by atoms with Crippen LogP contribution in [0.25, 0.3) is 10.9 Å². The number of benzene rings is 2. The summed E-state index contributed by atoms with van der Waals surface area (Å²) >= 11 is 2.28. The van der Waals surface area contributed by atoms with E-state index in [1.54, 1.807) is 0 Å². The number of rotatable bonds is 3. The number of para-hydroxylation sites is 1. The zero-order valence-electron chi connectivity index (χ0n) is 13.5. The highest BCUT2D eigenvalue weighted by Crippen LogP contribution is 2.27. The third kappa shape index (κ3) is 2.87. The highest BCUT2D eigenvalue weighted by Gasteiger charge is 2.19. The van der Waals surface area contributed by atoms with Gasteiger partial charge in [-0.05, 0) is 78.8 Å². The molecule has 2 aromatic carbocycles. The Kier molecular flexibility index (Phi) is 4.43. The van der Waals surface area contributed by atoms with E-state index in [2.05, 4.69) is 57.6 Å². The van der Waals surface area contributed by atoms with E-state index in [1.807, 2.05) is 38.1 Å².